The number of nitrogens with zero attached hydrogens (tertiary/aromatic N) is 2. The summed E-state index contributed by atoms with van der Waals surface area (Å²) in [5, 5.41) is -0.0304. The van der Waals surface area contributed by atoms with Gasteiger partial charge in [-0.05, 0) is 37.0 Å². The van der Waals surface area contributed by atoms with Gasteiger partial charge in [0.1, 0.15) is 5.75 Å². The third-order valence-electron chi connectivity index (χ3n) is 4.48. The van der Waals surface area contributed by atoms with Crippen LogP contribution in [0.3, 0.4) is 0 Å². The van der Waals surface area contributed by atoms with E-state index in [0.29, 0.717) is 12.6 Å². The number of rotatable bonds is 7. The molecule has 1 aromatic heterocycles. The van der Waals surface area contributed by atoms with Crippen LogP contribution in [0.4, 0.5) is 0 Å². The molecule has 7 nitrogen and oxygen atoms in total. The molecule has 2 aliphatic rings. The molecular formula is C17H22N4O3S. The van der Waals surface area contributed by atoms with Gasteiger partial charge < -0.3 is 9.72 Å². The Kier molecular flexibility index (Phi) is 4.49. The molecule has 2 aromatic rings. The van der Waals surface area contributed by atoms with Crippen LogP contribution < -0.4 is 9.46 Å². The Labute approximate surface area is 147 Å². The normalized spacial score (nSPS) is 21.5. The van der Waals surface area contributed by atoms with Gasteiger partial charge in [0.25, 0.3) is 10.0 Å². The summed E-state index contributed by atoms with van der Waals surface area (Å²) in [6, 6.07) is 8.10. The third-order valence-corrected chi connectivity index (χ3v) is 5.85. The molecule has 25 heavy (non-hydrogen) atoms. The highest BCUT2D eigenvalue weighted by molar-refractivity contribution is 7.89. The quantitative estimate of drug-likeness (QED) is 0.779. The smallest absolute Gasteiger partial charge is 0.274 e. The van der Waals surface area contributed by atoms with Crippen LogP contribution >= 0.6 is 0 Å². The van der Waals surface area contributed by atoms with Crippen molar-refractivity contribution in [1.29, 1.82) is 0 Å². The zero-order valence-electron chi connectivity index (χ0n) is 13.9. The predicted molar refractivity (Wildman–Crippen MR) is 92.7 cm³/mol. The van der Waals surface area contributed by atoms with Gasteiger partial charge in [-0.3, -0.25) is 4.90 Å². The molecule has 0 spiro atoms. The maximum Gasteiger partial charge on any atom is 0.274 e. The van der Waals surface area contributed by atoms with Gasteiger partial charge in [-0.1, -0.05) is 12.1 Å². The average molecular weight is 362 g/mol. The largest absolute Gasteiger partial charge is 0.490 e. The Balaban J connectivity index is 1.30. The summed E-state index contributed by atoms with van der Waals surface area (Å²) in [5.74, 6) is 0.928. The number of ether oxygens (including phenoxy) is 1. The van der Waals surface area contributed by atoms with Crippen LogP contribution in [0.15, 0.2) is 41.8 Å². The minimum Gasteiger partial charge on any atom is -0.490 e. The van der Waals surface area contributed by atoms with E-state index in [1.54, 1.807) is 0 Å². The molecule has 1 aliphatic carbocycles. The SMILES string of the molecule is O=S(=O)(N[C@@H]1CCN(Cc2ccc(OC3CC3)cc2)C1)c1ncc[nH]1. The molecule has 1 saturated carbocycles. The highest BCUT2D eigenvalue weighted by atomic mass is 32.2. The molecule has 2 heterocycles. The summed E-state index contributed by atoms with van der Waals surface area (Å²) in [4.78, 5) is 8.71. The Morgan fingerprint density at radius 1 is 1.24 bits per heavy atom. The van der Waals surface area contributed by atoms with Gasteiger partial charge in [0.05, 0.1) is 6.10 Å². The first-order valence-electron chi connectivity index (χ1n) is 8.58. The summed E-state index contributed by atoms with van der Waals surface area (Å²) >= 11 is 0. The molecule has 134 valence electrons. The summed E-state index contributed by atoms with van der Waals surface area (Å²) in [6.07, 6.45) is 6.46. The van der Waals surface area contributed by atoms with Crippen molar-refractivity contribution >= 4 is 10.0 Å². The summed E-state index contributed by atoms with van der Waals surface area (Å²) < 4.78 is 32.9. The highest BCUT2D eigenvalue weighted by Gasteiger charge is 2.28. The molecule has 0 unspecified atom stereocenters. The number of aromatic nitrogens is 2. The van der Waals surface area contributed by atoms with Crippen molar-refractivity contribution in [3.63, 3.8) is 0 Å². The fraction of sp³-hybridized carbons (Fsp3) is 0.471. The average Bonchev–Trinajstić information content (AvgIpc) is 3.06. The van der Waals surface area contributed by atoms with Crippen molar-refractivity contribution in [1.82, 2.24) is 19.6 Å². The molecule has 0 bridgehead atoms. The van der Waals surface area contributed by atoms with E-state index in [9.17, 15) is 8.42 Å². The van der Waals surface area contributed by atoms with Gasteiger partial charge in [-0.15, -0.1) is 0 Å². The van der Waals surface area contributed by atoms with E-state index in [2.05, 4.69) is 31.7 Å². The second kappa shape index (κ2) is 6.78. The van der Waals surface area contributed by atoms with Gasteiger partial charge in [-0.2, -0.15) is 0 Å². The van der Waals surface area contributed by atoms with Crippen LogP contribution in [0.2, 0.25) is 0 Å². The minimum absolute atomic E-state index is 0.0304. The Morgan fingerprint density at radius 3 is 2.72 bits per heavy atom. The van der Waals surface area contributed by atoms with E-state index in [-0.39, 0.29) is 11.2 Å². The Morgan fingerprint density at radius 2 is 2.04 bits per heavy atom. The van der Waals surface area contributed by atoms with E-state index in [1.165, 1.54) is 18.0 Å². The van der Waals surface area contributed by atoms with Gasteiger partial charge >= 0.3 is 0 Å². The van der Waals surface area contributed by atoms with E-state index in [1.807, 2.05) is 12.1 Å². The third kappa shape index (κ3) is 4.20. The van der Waals surface area contributed by atoms with E-state index >= 15 is 0 Å². The lowest BCUT2D eigenvalue weighted by Crippen LogP contribution is -2.37. The molecule has 1 aromatic carbocycles. The maximum atomic E-state index is 12.2. The first kappa shape index (κ1) is 16.6. The number of nitrogens with one attached hydrogen (secondary N) is 2. The van der Waals surface area contributed by atoms with E-state index < -0.39 is 10.0 Å². The molecule has 4 rings (SSSR count). The predicted octanol–water partition coefficient (Wildman–Crippen LogP) is 1.50. The number of aromatic amines is 1. The number of H-pyrrole nitrogens is 1. The molecule has 1 saturated heterocycles. The molecule has 8 heteroatoms. The molecule has 1 atom stereocenters. The van der Waals surface area contributed by atoms with Crippen molar-refractivity contribution in [2.75, 3.05) is 13.1 Å². The summed E-state index contributed by atoms with van der Waals surface area (Å²) in [6.45, 7) is 2.37. The number of hydrogen-bond donors (Lipinski definition) is 2. The Hall–Kier alpha value is -1.90. The second-order valence-corrected chi connectivity index (χ2v) is 8.33. The highest BCUT2D eigenvalue weighted by Crippen LogP contribution is 2.27. The topological polar surface area (TPSA) is 87.3 Å². The van der Waals surface area contributed by atoms with Crippen molar-refractivity contribution in [2.45, 2.75) is 43.1 Å². The van der Waals surface area contributed by atoms with Crippen LogP contribution in [0.1, 0.15) is 24.8 Å². The van der Waals surface area contributed by atoms with Crippen LogP contribution in [0.5, 0.6) is 5.75 Å². The van der Waals surface area contributed by atoms with Gasteiger partial charge in [-0.25, -0.2) is 18.1 Å². The molecule has 2 N–H and O–H groups in total. The molecular weight excluding hydrogens is 340 g/mol. The van der Waals surface area contributed by atoms with Crippen molar-refractivity contribution in [3.8, 4) is 5.75 Å². The monoisotopic (exact) mass is 362 g/mol. The number of likely N-dealkylation sites (tertiary alicyclic amines) is 1. The second-order valence-electron chi connectivity index (χ2n) is 6.70. The minimum atomic E-state index is -3.57. The van der Waals surface area contributed by atoms with E-state index in [0.717, 1.165) is 38.1 Å². The first-order valence-corrected chi connectivity index (χ1v) is 10.1. The zero-order chi connectivity index (χ0) is 17.3. The lowest BCUT2D eigenvalue weighted by molar-refractivity contribution is 0.302. The molecule has 0 radical (unpaired) electrons. The van der Waals surface area contributed by atoms with Crippen molar-refractivity contribution in [3.05, 3.63) is 42.2 Å². The standard InChI is InChI=1S/C17H22N4O3S/c22-25(23,17-18-8-9-19-17)20-14-7-10-21(12-14)11-13-1-3-15(4-2-13)24-16-5-6-16/h1-4,8-9,14,16,20H,5-7,10-12H2,(H,18,19)/t14-/m1/s1. The number of hydrogen-bond acceptors (Lipinski definition) is 5. The van der Waals surface area contributed by atoms with Gasteiger partial charge in [0.15, 0.2) is 0 Å². The van der Waals surface area contributed by atoms with Crippen LogP contribution in [0, 0.1) is 0 Å². The fourth-order valence-corrected chi connectivity index (χ4v) is 4.22. The zero-order valence-corrected chi connectivity index (χ0v) is 14.7. The maximum absolute atomic E-state index is 12.2. The number of imidazole rings is 1. The van der Waals surface area contributed by atoms with Crippen LogP contribution in [-0.2, 0) is 16.6 Å². The first-order chi connectivity index (χ1) is 12.1. The Bertz CT molecular complexity index is 801. The lowest BCUT2D eigenvalue weighted by atomic mass is 10.2. The molecule has 2 fully saturated rings. The fourth-order valence-electron chi connectivity index (χ4n) is 3.06. The van der Waals surface area contributed by atoms with Crippen LogP contribution in [-0.4, -0.2) is 48.5 Å². The molecule has 0 amide bonds. The lowest BCUT2D eigenvalue weighted by Gasteiger charge is -2.17. The van der Waals surface area contributed by atoms with E-state index in [4.69, 9.17) is 4.74 Å². The van der Waals surface area contributed by atoms with Gasteiger partial charge in [0, 0.05) is 38.1 Å². The van der Waals surface area contributed by atoms with Crippen molar-refractivity contribution < 1.29 is 13.2 Å². The van der Waals surface area contributed by atoms with Crippen LogP contribution in [0.25, 0.3) is 0 Å². The summed E-state index contributed by atoms with van der Waals surface area (Å²) in [7, 11) is -3.57. The van der Waals surface area contributed by atoms with Gasteiger partial charge in [0.2, 0.25) is 5.16 Å². The summed E-state index contributed by atoms with van der Waals surface area (Å²) in [5.41, 5.74) is 1.21. The number of sulfonamides is 1. The number of benzene rings is 1. The molecule has 1 aliphatic heterocycles. The van der Waals surface area contributed by atoms with Crippen molar-refractivity contribution in [2.24, 2.45) is 0 Å².